The van der Waals surface area contributed by atoms with E-state index in [4.69, 9.17) is 5.53 Å². The Hall–Kier alpha value is -2.08. The molecule has 0 bridgehead atoms. The van der Waals surface area contributed by atoms with Gasteiger partial charge in [-0.2, -0.15) is 0 Å². The van der Waals surface area contributed by atoms with Crippen LogP contribution in [-0.4, -0.2) is 6.54 Å². The molecular weight excluding hydrogens is 423 g/mol. The lowest BCUT2D eigenvalue weighted by atomic mass is 9.98. The van der Waals surface area contributed by atoms with Crippen LogP contribution < -0.4 is 5.32 Å². The monoisotopic (exact) mass is 442 g/mol. The molecule has 0 spiro atoms. The van der Waals surface area contributed by atoms with E-state index in [2.05, 4.69) is 112 Å². The molecule has 0 aliphatic carbocycles. The van der Waals surface area contributed by atoms with Gasteiger partial charge in [0.05, 0.1) is 0 Å². The molecule has 0 saturated heterocycles. The quantitative estimate of drug-likeness (QED) is 0.212. The molecule has 1 N–H and O–H groups in total. The lowest BCUT2D eigenvalue weighted by Gasteiger charge is -2.24. The van der Waals surface area contributed by atoms with E-state index in [0.717, 1.165) is 5.56 Å². The summed E-state index contributed by atoms with van der Waals surface area (Å²) in [4.78, 5) is 2.93. The lowest BCUT2D eigenvalue weighted by molar-refractivity contribution is 0.475. The average Bonchev–Trinajstić information content (AvgIpc) is 2.65. The van der Waals surface area contributed by atoms with Gasteiger partial charge in [0.1, 0.15) is 0 Å². The molecule has 0 amide bonds. The zero-order valence-electron chi connectivity index (χ0n) is 13.9. The summed E-state index contributed by atoms with van der Waals surface area (Å²) in [7, 11) is 0. The number of rotatable bonds is 6. The highest BCUT2D eigenvalue weighted by molar-refractivity contribution is 14.1. The van der Waals surface area contributed by atoms with E-state index in [9.17, 15) is 0 Å². The van der Waals surface area contributed by atoms with Crippen molar-refractivity contribution in [1.82, 2.24) is 5.32 Å². The van der Waals surface area contributed by atoms with Gasteiger partial charge in [0.15, 0.2) is 0 Å². The van der Waals surface area contributed by atoms with Gasteiger partial charge in [0.2, 0.25) is 0 Å². The molecule has 0 unspecified atom stereocenters. The molecule has 0 saturated carbocycles. The maximum absolute atomic E-state index is 8.73. The minimum atomic E-state index is -0.0260. The third kappa shape index (κ3) is 4.31. The molecule has 5 heteroatoms. The number of hydrogen-bond acceptors (Lipinski definition) is 2. The molecule has 3 rings (SSSR count). The van der Waals surface area contributed by atoms with Crippen molar-refractivity contribution in [2.45, 2.75) is 19.0 Å². The molecular formula is C20H19IN4. The van der Waals surface area contributed by atoms with Gasteiger partial charge in [-0.1, -0.05) is 59.7 Å². The molecule has 0 aliphatic rings. The van der Waals surface area contributed by atoms with Crippen molar-refractivity contribution in [3.05, 3.63) is 91.9 Å². The van der Waals surface area contributed by atoms with Crippen LogP contribution in [0, 0.1) is 3.57 Å². The van der Waals surface area contributed by atoms with Crippen molar-refractivity contribution in [3.8, 4) is 0 Å². The van der Waals surface area contributed by atoms with Crippen LogP contribution in [0.3, 0.4) is 0 Å². The Bertz CT molecular complexity index is 896. The zero-order chi connectivity index (χ0) is 17.6. The fourth-order valence-electron chi connectivity index (χ4n) is 3.09. The van der Waals surface area contributed by atoms with E-state index < -0.39 is 0 Å². The van der Waals surface area contributed by atoms with Gasteiger partial charge in [-0.05, 0) is 69.1 Å². The number of fused-ring (bicyclic) bond motifs is 1. The van der Waals surface area contributed by atoms with Crippen LogP contribution >= 0.6 is 22.6 Å². The molecule has 126 valence electrons. The van der Waals surface area contributed by atoms with Crippen molar-refractivity contribution in [1.29, 1.82) is 0 Å². The molecule has 3 aromatic rings. The van der Waals surface area contributed by atoms with Crippen molar-refractivity contribution in [3.63, 3.8) is 0 Å². The van der Waals surface area contributed by atoms with E-state index in [1.54, 1.807) is 0 Å². The summed E-state index contributed by atoms with van der Waals surface area (Å²) in [5, 5.41) is 9.90. The van der Waals surface area contributed by atoms with E-state index in [1.165, 1.54) is 19.9 Å². The first-order valence-electron chi connectivity index (χ1n) is 8.19. The molecule has 0 aromatic heterocycles. The van der Waals surface area contributed by atoms with E-state index >= 15 is 0 Å². The summed E-state index contributed by atoms with van der Waals surface area (Å²) < 4.78 is 1.19. The van der Waals surface area contributed by atoms with Gasteiger partial charge in [-0.15, -0.1) is 0 Å². The first-order valence-corrected chi connectivity index (χ1v) is 9.27. The van der Waals surface area contributed by atoms with Crippen LogP contribution in [0.4, 0.5) is 0 Å². The van der Waals surface area contributed by atoms with Gasteiger partial charge in [0, 0.05) is 27.1 Å². The number of azide groups is 1. The first kappa shape index (κ1) is 17.7. The second kappa shape index (κ2) is 8.34. The van der Waals surface area contributed by atoms with E-state index in [1.807, 2.05) is 0 Å². The second-order valence-corrected chi connectivity index (χ2v) is 7.22. The summed E-state index contributed by atoms with van der Waals surface area (Å²) in [6, 6.07) is 23.2. The van der Waals surface area contributed by atoms with E-state index in [-0.39, 0.29) is 12.1 Å². The van der Waals surface area contributed by atoms with Crippen molar-refractivity contribution >= 4 is 33.4 Å². The fourth-order valence-corrected chi connectivity index (χ4v) is 3.45. The number of nitrogens with one attached hydrogen (secondary N) is 1. The Labute approximate surface area is 161 Å². The predicted molar refractivity (Wildman–Crippen MR) is 111 cm³/mol. The lowest BCUT2D eigenvalue weighted by Crippen LogP contribution is -2.27. The third-order valence-electron chi connectivity index (χ3n) is 4.34. The van der Waals surface area contributed by atoms with E-state index in [0.29, 0.717) is 6.54 Å². The maximum Gasteiger partial charge on any atom is 0.0454 e. The normalized spacial score (nSPS) is 13.2. The standard InChI is InChI=1S/C20H19IN4/c1-14(18-8-4-6-15-5-2-3-7-19(15)18)24-20(13-23-25-22)16-9-11-17(21)12-10-16/h2-12,14,20,24H,13H2,1H3/t14-,20+/m0/s1. The van der Waals surface area contributed by atoms with Crippen LogP contribution in [0.25, 0.3) is 21.2 Å². The molecule has 0 radical (unpaired) electrons. The Morgan fingerprint density at radius 2 is 1.76 bits per heavy atom. The minimum absolute atomic E-state index is 0.0260. The van der Waals surface area contributed by atoms with Crippen LogP contribution in [-0.2, 0) is 0 Å². The van der Waals surface area contributed by atoms with Crippen LogP contribution in [0.5, 0.6) is 0 Å². The van der Waals surface area contributed by atoms with Gasteiger partial charge < -0.3 is 5.32 Å². The van der Waals surface area contributed by atoms with Crippen LogP contribution in [0.15, 0.2) is 71.8 Å². The van der Waals surface area contributed by atoms with Gasteiger partial charge in [0.25, 0.3) is 0 Å². The number of nitrogens with zero attached hydrogens (tertiary/aromatic N) is 3. The Morgan fingerprint density at radius 3 is 2.52 bits per heavy atom. The highest BCUT2D eigenvalue weighted by Crippen LogP contribution is 2.27. The summed E-state index contributed by atoms with van der Waals surface area (Å²) in [6.07, 6.45) is 0. The summed E-state index contributed by atoms with van der Waals surface area (Å²) in [6.45, 7) is 2.53. The SMILES string of the molecule is C[C@H](N[C@H](CN=[N+]=[N-])c1ccc(I)cc1)c1cccc2ccccc12. The zero-order valence-corrected chi connectivity index (χ0v) is 16.1. The highest BCUT2D eigenvalue weighted by Gasteiger charge is 2.16. The number of benzene rings is 3. The first-order chi connectivity index (χ1) is 12.2. The summed E-state index contributed by atoms with van der Waals surface area (Å²) in [5.41, 5.74) is 11.1. The molecule has 0 fully saturated rings. The Balaban J connectivity index is 1.90. The molecule has 0 heterocycles. The smallest absolute Gasteiger partial charge is 0.0454 e. The Morgan fingerprint density at radius 1 is 1.04 bits per heavy atom. The second-order valence-electron chi connectivity index (χ2n) is 5.97. The molecule has 4 nitrogen and oxygen atoms in total. The van der Waals surface area contributed by atoms with Crippen LogP contribution in [0.1, 0.15) is 30.1 Å². The highest BCUT2D eigenvalue weighted by atomic mass is 127. The maximum atomic E-state index is 8.73. The molecule has 25 heavy (non-hydrogen) atoms. The minimum Gasteiger partial charge on any atom is -0.303 e. The molecule has 2 atom stereocenters. The van der Waals surface area contributed by atoms with Gasteiger partial charge in [-0.3, -0.25) is 0 Å². The fraction of sp³-hybridized carbons (Fsp3) is 0.200. The van der Waals surface area contributed by atoms with Crippen molar-refractivity contribution in [2.24, 2.45) is 5.11 Å². The Kier molecular flexibility index (Phi) is 5.91. The molecule has 3 aromatic carbocycles. The summed E-state index contributed by atoms with van der Waals surface area (Å²) in [5.74, 6) is 0. The summed E-state index contributed by atoms with van der Waals surface area (Å²) >= 11 is 2.29. The van der Waals surface area contributed by atoms with Crippen molar-refractivity contribution < 1.29 is 0 Å². The van der Waals surface area contributed by atoms with Gasteiger partial charge >= 0.3 is 0 Å². The number of halogens is 1. The largest absolute Gasteiger partial charge is 0.303 e. The topological polar surface area (TPSA) is 60.8 Å². The number of hydrogen-bond donors (Lipinski definition) is 1. The average molecular weight is 442 g/mol. The van der Waals surface area contributed by atoms with Crippen LogP contribution in [0.2, 0.25) is 0 Å². The van der Waals surface area contributed by atoms with Gasteiger partial charge in [-0.25, -0.2) is 0 Å². The van der Waals surface area contributed by atoms with Crippen molar-refractivity contribution in [2.75, 3.05) is 6.54 Å². The predicted octanol–water partition coefficient (Wildman–Crippen LogP) is 6.15. The molecule has 0 aliphatic heterocycles. The third-order valence-corrected chi connectivity index (χ3v) is 5.06.